The van der Waals surface area contributed by atoms with Crippen molar-refractivity contribution in [3.05, 3.63) is 59.7 Å². The smallest absolute Gasteiger partial charge is 0.328 e. The van der Waals surface area contributed by atoms with Crippen LogP contribution in [0.15, 0.2) is 42.7 Å². The number of alkyl halides is 3. The summed E-state index contributed by atoms with van der Waals surface area (Å²) in [5.74, 6) is -0.695. The van der Waals surface area contributed by atoms with Gasteiger partial charge in [-0.3, -0.25) is 4.98 Å². The fraction of sp³-hybridized carbons (Fsp3) is 0.294. The lowest BCUT2D eigenvalue weighted by Crippen LogP contribution is -2.52. The molecule has 2 N–H and O–H groups in total. The average Bonchev–Trinajstić information content (AvgIpc) is 2.52. The van der Waals surface area contributed by atoms with Crippen molar-refractivity contribution in [2.75, 3.05) is 5.32 Å². The number of hydrogen-bond acceptors (Lipinski definition) is 2. The SMILES string of the molecule is O=C(Nc1ccncc1F)NC1(c2cccc(C(F)(F)F)c2)CCC1. The molecule has 3 rings (SSSR count). The van der Waals surface area contributed by atoms with Crippen LogP contribution in [0.3, 0.4) is 0 Å². The van der Waals surface area contributed by atoms with Crippen molar-refractivity contribution in [1.82, 2.24) is 10.3 Å². The zero-order chi connectivity index (χ0) is 18.1. The van der Waals surface area contributed by atoms with Crippen LogP contribution in [0, 0.1) is 5.82 Å². The van der Waals surface area contributed by atoms with Crippen LogP contribution >= 0.6 is 0 Å². The van der Waals surface area contributed by atoms with Crippen LogP contribution in [-0.4, -0.2) is 11.0 Å². The third-order valence-corrected chi connectivity index (χ3v) is 4.32. The number of carbonyl (C=O) groups is 1. The highest BCUT2D eigenvalue weighted by molar-refractivity contribution is 5.90. The van der Waals surface area contributed by atoms with Crippen molar-refractivity contribution >= 4 is 11.7 Å². The zero-order valence-electron chi connectivity index (χ0n) is 13.0. The zero-order valence-corrected chi connectivity index (χ0v) is 13.0. The molecule has 0 bridgehead atoms. The Morgan fingerprint density at radius 3 is 2.56 bits per heavy atom. The topological polar surface area (TPSA) is 54.0 Å². The minimum Gasteiger partial charge on any atom is -0.328 e. The molecular weight excluding hydrogens is 338 g/mol. The van der Waals surface area contributed by atoms with Gasteiger partial charge in [0, 0.05) is 6.20 Å². The number of rotatable bonds is 3. The van der Waals surface area contributed by atoms with Gasteiger partial charge in [-0.05, 0) is 43.0 Å². The van der Waals surface area contributed by atoms with Crippen LogP contribution < -0.4 is 10.6 Å². The molecule has 0 unspecified atom stereocenters. The largest absolute Gasteiger partial charge is 0.416 e. The first-order valence-corrected chi connectivity index (χ1v) is 7.67. The summed E-state index contributed by atoms with van der Waals surface area (Å²) in [6, 6.07) is 5.53. The van der Waals surface area contributed by atoms with Crippen molar-refractivity contribution in [1.29, 1.82) is 0 Å². The number of anilines is 1. The molecule has 25 heavy (non-hydrogen) atoms. The molecule has 8 heteroatoms. The van der Waals surface area contributed by atoms with Crippen LogP contribution in [0.25, 0.3) is 0 Å². The van der Waals surface area contributed by atoms with E-state index < -0.39 is 29.1 Å². The summed E-state index contributed by atoms with van der Waals surface area (Å²) in [5.41, 5.74) is -1.31. The van der Waals surface area contributed by atoms with E-state index in [1.807, 2.05) is 0 Å². The first kappa shape index (κ1) is 17.2. The number of aromatic nitrogens is 1. The molecule has 132 valence electrons. The van der Waals surface area contributed by atoms with E-state index in [9.17, 15) is 22.4 Å². The van der Waals surface area contributed by atoms with Crippen LogP contribution in [0.4, 0.5) is 28.0 Å². The molecule has 0 spiro atoms. The van der Waals surface area contributed by atoms with Crippen molar-refractivity contribution in [3.8, 4) is 0 Å². The number of urea groups is 1. The number of nitrogens with one attached hydrogen (secondary N) is 2. The van der Waals surface area contributed by atoms with Gasteiger partial charge in [0.2, 0.25) is 0 Å². The van der Waals surface area contributed by atoms with Gasteiger partial charge in [0.05, 0.1) is 23.0 Å². The molecule has 1 heterocycles. The number of halogens is 4. The second-order valence-electron chi connectivity index (χ2n) is 5.95. The Kier molecular flexibility index (Phi) is 4.36. The van der Waals surface area contributed by atoms with Gasteiger partial charge in [0.15, 0.2) is 5.82 Å². The predicted octanol–water partition coefficient (Wildman–Crippen LogP) is 4.44. The van der Waals surface area contributed by atoms with E-state index in [-0.39, 0.29) is 5.69 Å². The summed E-state index contributed by atoms with van der Waals surface area (Å²) in [5, 5.41) is 5.06. The first-order chi connectivity index (χ1) is 11.8. The third-order valence-electron chi connectivity index (χ3n) is 4.32. The molecule has 0 atom stereocenters. The molecule has 1 saturated carbocycles. The molecule has 0 saturated heterocycles. The van der Waals surface area contributed by atoms with Crippen molar-refractivity contribution in [2.45, 2.75) is 31.0 Å². The molecule has 1 aromatic carbocycles. The van der Waals surface area contributed by atoms with E-state index in [2.05, 4.69) is 15.6 Å². The lowest BCUT2D eigenvalue weighted by atomic mass is 9.71. The summed E-state index contributed by atoms with van der Waals surface area (Å²) in [6.45, 7) is 0. The van der Waals surface area contributed by atoms with Crippen LogP contribution in [0.2, 0.25) is 0 Å². The van der Waals surface area contributed by atoms with Gasteiger partial charge in [-0.1, -0.05) is 12.1 Å². The second kappa shape index (κ2) is 6.34. The Hall–Kier alpha value is -2.64. The Balaban J connectivity index is 1.80. The maximum Gasteiger partial charge on any atom is 0.416 e. The summed E-state index contributed by atoms with van der Waals surface area (Å²) < 4.78 is 52.3. The van der Waals surface area contributed by atoms with Gasteiger partial charge in [-0.25, -0.2) is 9.18 Å². The Morgan fingerprint density at radius 1 is 1.20 bits per heavy atom. The molecule has 0 radical (unpaired) electrons. The molecule has 2 amide bonds. The quantitative estimate of drug-likeness (QED) is 0.802. The van der Waals surface area contributed by atoms with Gasteiger partial charge in [-0.15, -0.1) is 0 Å². The number of benzene rings is 1. The monoisotopic (exact) mass is 353 g/mol. The Bertz CT molecular complexity index is 787. The molecule has 1 aromatic heterocycles. The lowest BCUT2D eigenvalue weighted by Gasteiger charge is -2.43. The third kappa shape index (κ3) is 3.57. The van der Waals surface area contributed by atoms with Gasteiger partial charge in [-0.2, -0.15) is 13.2 Å². The molecule has 1 aliphatic carbocycles. The molecule has 2 aromatic rings. The van der Waals surface area contributed by atoms with Gasteiger partial charge < -0.3 is 10.6 Å². The minimum atomic E-state index is -4.45. The van der Waals surface area contributed by atoms with Crippen LogP contribution in [0.1, 0.15) is 30.4 Å². The highest BCUT2D eigenvalue weighted by Gasteiger charge is 2.41. The first-order valence-electron chi connectivity index (χ1n) is 7.67. The van der Waals surface area contributed by atoms with Crippen LogP contribution in [-0.2, 0) is 11.7 Å². The fourth-order valence-electron chi connectivity index (χ4n) is 2.86. The Morgan fingerprint density at radius 2 is 1.96 bits per heavy atom. The molecule has 0 aliphatic heterocycles. The van der Waals surface area contributed by atoms with Crippen LogP contribution in [0.5, 0.6) is 0 Å². The summed E-state index contributed by atoms with van der Waals surface area (Å²) in [6.07, 6.45) is -0.364. The summed E-state index contributed by atoms with van der Waals surface area (Å²) in [7, 11) is 0. The average molecular weight is 353 g/mol. The van der Waals surface area contributed by atoms with Gasteiger partial charge in [0.25, 0.3) is 0 Å². The highest BCUT2D eigenvalue weighted by Crippen LogP contribution is 2.43. The van der Waals surface area contributed by atoms with E-state index in [1.165, 1.54) is 18.3 Å². The predicted molar refractivity (Wildman–Crippen MR) is 83.3 cm³/mol. The number of nitrogens with zero attached hydrogens (tertiary/aromatic N) is 1. The fourth-order valence-corrected chi connectivity index (χ4v) is 2.86. The van der Waals surface area contributed by atoms with E-state index in [0.29, 0.717) is 18.4 Å². The molecule has 4 nitrogen and oxygen atoms in total. The lowest BCUT2D eigenvalue weighted by molar-refractivity contribution is -0.137. The van der Waals surface area contributed by atoms with E-state index >= 15 is 0 Å². The van der Waals surface area contributed by atoms with Gasteiger partial charge >= 0.3 is 12.2 Å². The number of amides is 2. The maximum absolute atomic E-state index is 13.6. The van der Waals surface area contributed by atoms with E-state index in [0.717, 1.165) is 24.8 Å². The van der Waals surface area contributed by atoms with Crippen molar-refractivity contribution in [3.63, 3.8) is 0 Å². The van der Waals surface area contributed by atoms with Gasteiger partial charge in [0.1, 0.15) is 0 Å². The number of carbonyl (C=O) groups excluding carboxylic acids is 1. The number of pyridine rings is 1. The highest BCUT2D eigenvalue weighted by atomic mass is 19.4. The standard InChI is InChI=1S/C17H15F4N3O/c18-13-10-22-8-5-14(13)23-15(25)24-16(6-2-7-16)11-3-1-4-12(9-11)17(19,20)21/h1,3-5,8-10H,2,6-7H2,(H2,22,23,24,25). The molecular formula is C17H15F4N3O. The van der Waals surface area contributed by atoms with Crippen molar-refractivity contribution < 1.29 is 22.4 Å². The molecule has 1 aliphatic rings. The summed E-state index contributed by atoms with van der Waals surface area (Å²) >= 11 is 0. The maximum atomic E-state index is 13.6. The van der Waals surface area contributed by atoms with Crippen molar-refractivity contribution in [2.24, 2.45) is 0 Å². The number of hydrogen-bond donors (Lipinski definition) is 2. The second-order valence-corrected chi connectivity index (χ2v) is 5.95. The summed E-state index contributed by atoms with van der Waals surface area (Å²) in [4.78, 5) is 15.8. The normalized spacial score (nSPS) is 16.0. The Labute approximate surface area is 141 Å². The minimum absolute atomic E-state index is 0.0500. The van der Waals surface area contributed by atoms with E-state index in [4.69, 9.17) is 0 Å². The van der Waals surface area contributed by atoms with E-state index in [1.54, 1.807) is 6.07 Å². The molecule has 1 fully saturated rings.